The molecule has 142 valence electrons. The van der Waals surface area contributed by atoms with E-state index in [0.717, 1.165) is 44.3 Å². The Morgan fingerprint density at radius 2 is 1.69 bits per heavy atom. The van der Waals surface area contributed by atoms with E-state index >= 15 is 0 Å². The normalized spacial score (nSPS) is 28.1. The van der Waals surface area contributed by atoms with Crippen molar-refractivity contribution in [3.05, 3.63) is 41.7 Å². The third-order valence-corrected chi connectivity index (χ3v) is 6.61. The topological polar surface area (TPSA) is 29.5 Å². The first-order chi connectivity index (χ1) is 12.4. The maximum Gasteiger partial charge on any atom is 0.228 e. The summed E-state index contributed by atoms with van der Waals surface area (Å²) >= 11 is 0. The molecular weight excluding hydrogens is 329 g/mol. The van der Waals surface area contributed by atoms with Crippen molar-refractivity contribution in [3.8, 4) is 5.75 Å². The lowest BCUT2D eigenvalue weighted by Gasteiger charge is -2.53. The predicted molar refractivity (Wildman–Crippen MR) is 102 cm³/mol. The number of hydrogen-bond acceptors (Lipinski definition) is 2. The van der Waals surface area contributed by atoms with E-state index in [0.29, 0.717) is 30.8 Å². The van der Waals surface area contributed by atoms with Crippen LogP contribution in [-0.4, -0.2) is 31.5 Å². The van der Waals surface area contributed by atoms with Gasteiger partial charge >= 0.3 is 0 Å². The summed E-state index contributed by atoms with van der Waals surface area (Å²) < 4.78 is 18.3. The number of carbonyl (C=O) groups excluding carboxylic acids is 1. The molecule has 0 unspecified atom stereocenters. The number of nitrogens with zero attached hydrogens (tertiary/aromatic N) is 1. The number of rotatable bonds is 6. The molecule has 4 heteroatoms. The average molecular weight is 359 g/mol. The standard InChI is InChI=1S/C22H30FNO2/c1-4-17(15-23)16-26-19-7-5-18(6-8-19)21-9-12-22(13-10-21,14-11-21)20(25)24(2)3/h5-8,15H,4,9-14,16H2,1-3H3/b17-15+. The molecule has 3 saturated carbocycles. The fourth-order valence-corrected chi connectivity index (χ4v) is 4.71. The smallest absolute Gasteiger partial charge is 0.228 e. The lowest BCUT2D eigenvalue weighted by Crippen LogP contribution is -2.51. The van der Waals surface area contributed by atoms with Gasteiger partial charge in [-0.05, 0) is 73.6 Å². The van der Waals surface area contributed by atoms with Crippen molar-refractivity contribution in [2.75, 3.05) is 20.7 Å². The van der Waals surface area contributed by atoms with E-state index in [4.69, 9.17) is 4.74 Å². The van der Waals surface area contributed by atoms with E-state index in [1.165, 1.54) is 5.56 Å². The van der Waals surface area contributed by atoms with Gasteiger partial charge in [-0.2, -0.15) is 0 Å². The van der Waals surface area contributed by atoms with Crippen LogP contribution >= 0.6 is 0 Å². The van der Waals surface area contributed by atoms with Crippen LogP contribution in [-0.2, 0) is 10.2 Å². The van der Waals surface area contributed by atoms with Crippen LogP contribution in [0.5, 0.6) is 5.75 Å². The van der Waals surface area contributed by atoms with Crippen molar-refractivity contribution in [2.24, 2.45) is 5.41 Å². The van der Waals surface area contributed by atoms with E-state index in [1.54, 1.807) is 4.90 Å². The molecular formula is C22H30FNO2. The predicted octanol–water partition coefficient (Wildman–Crippen LogP) is 5.01. The monoisotopic (exact) mass is 359 g/mol. The van der Waals surface area contributed by atoms with Crippen molar-refractivity contribution >= 4 is 5.91 Å². The number of ether oxygens (including phenoxy) is 1. The number of hydrogen-bond donors (Lipinski definition) is 0. The molecule has 0 aromatic heterocycles. The SMILES string of the molecule is CC/C(=C\F)COc1ccc(C23CCC(C(=O)N(C)C)(CC2)CC3)cc1. The summed E-state index contributed by atoms with van der Waals surface area (Å²) in [4.78, 5) is 14.4. The van der Waals surface area contributed by atoms with Gasteiger partial charge in [0.1, 0.15) is 12.4 Å². The quantitative estimate of drug-likeness (QED) is 0.714. The minimum absolute atomic E-state index is 0.121. The fourth-order valence-electron chi connectivity index (χ4n) is 4.71. The van der Waals surface area contributed by atoms with Gasteiger partial charge in [0, 0.05) is 19.5 Å². The number of carbonyl (C=O) groups is 1. The second-order valence-corrected chi connectivity index (χ2v) is 8.19. The molecule has 0 spiro atoms. The minimum atomic E-state index is -0.121. The Kier molecular flexibility index (Phi) is 5.40. The van der Waals surface area contributed by atoms with Crippen LogP contribution in [0.1, 0.15) is 57.4 Å². The molecule has 3 aliphatic rings. The molecule has 1 aromatic rings. The van der Waals surface area contributed by atoms with E-state index in [-0.39, 0.29) is 10.8 Å². The van der Waals surface area contributed by atoms with E-state index in [2.05, 4.69) is 12.1 Å². The van der Waals surface area contributed by atoms with Gasteiger partial charge in [-0.15, -0.1) is 0 Å². The highest BCUT2D eigenvalue weighted by Crippen LogP contribution is 2.58. The van der Waals surface area contributed by atoms with Crippen LogP contribution in [0, 0.1) is 5.41 Å². The first-order valence-electron chi connectivity index (χ1n) is 9.68. The first-order valence-corrected chi connectivity index (χ1v) is 9.68. The first kappa shape index (κ1) is 18.9. The zero-order valence-corrected chi connectivity index (χ0v) is 16.2. The molecule has 4 rings (SSSR count). The van der Waals surface area contributed by atoms with Gasteiger partial charge in [0.25, 0.3) is 0 Å². The Hall–Kier alpha value is -1.84. The molecule has 0 atom stereocenters. The molecule has 3 fully saturated rings. The second kappa shape index (κ2) is 7.42. The summed E-state index contributed by atoms with van der Waals surface area (Å²) in [7, 11) is 3.74. The molecule has 0 aliphatic heterocycles. The summed E-state index contributed by atoms with van der Waals surface area (Å²) in [5.74, 6) is 1.09. The Labute approximate surface area is 156 Å². The highest BCUT2D eigenvalue weighted by Gasteiger charge is 2.53. The summed E-state index contributed by atoms with van der Waals surface area (Å²) in [5.41, 5.74) is 2.10. The maximum absolute atomic E-state index is 12.6. The highest BCUT2D eigenvalue weighted by molar-refractivity contribution is 5.82. The van der Waals surface area contributed by atoms with E-state index in [1.807, 2.05) is 33.2 Å². The molecule has 3 nitrogen and oxygen atoms in total. The van der Waals surface area contributed by atoms with Crippen molar-refractivity contribution in [2.45, 2.75) is 57.3 Å². The van der Waals surface area contributed by atoms with E-state index < -0.39 is 0 Å². The molecule has 1 aromatic carbocycles. The third-order valence-electron chi connectivity index (χ3n) is 6.61. The Morgan fingerprint density at radius 1 is 1.12 bits per heavy atom. The van der Waals surface area contributed by atoms with Gasteiger partial charge in [0.15, 0.2) is 0 Å². The van der Waals surface area contributed by atoms with Gasteiger partial charge in [0.05, 0.1) is 6.33 Å². The molecule has 26 heavy (non-hydrogen) atoms. The molecule has 1 amide bonds. The zero-order chi connectivity index (χ0) is 18.8. The average Bonchev–Trinajstić information content (AvgIpc) is 2.70. The van der Waals surface area contributed by atoms with E-state index in [9.17, 15) is 9.18 Å². The largest absolute Gasteiger partial charge is 0.489 e. The van der Waals surface area contributed by atoms with Crippen molar-refractivity contribution < 1.29 is 13.9 Å². The third kappa shape index (κ3) is 3.38. The molecule has 0 radical (unpaired) electrons. The summed E-state index contributed by atoms with van der Waals surface area (Å²) in [6.07, 6.45) is 7.51. The van der Waals surface area contributed by atoms with Crippen molar-refractivity contribution in [3.63, 3.8) is 0 Å². The molecule has 0 saturated heterocycles. The van der Waals surface area contributed by atoms with Gasteiger partial charge in [-0.3, -0.25) is 4.79 Å². The van der Waals surface area contributed by atoms with Gasteiger partial charge in [-0.25, -0.2) is 4.39 Å². The Morgan fingerprint density at radius 3 is 2.15 bits per heavy atom. The van der Waals surface area contributed by atoms with Gasteiger partial charge in [-0.1, -0.05) is 19.1 Å². The van der Waals surface area contributed by atoms with Gasteiger partial charge < -0.3 is 9.64 Å². The lowest BCUT2D eigenvalue weighted by molar-refractivity contribution is -0.146. The molecule has 0 heterocycles. The second-order valence-electron chi connectivity index (χ2n) is 8.19. The molecule has 2 bridgehead atoms. The maximum atomic E-state index is 12.6. The number of amides is 1. The van der Waals surface area contributed by atoms with Crippen LogP contribution in [0.15, 0.2) is 36.2 Å². The van der Waals surface area contributed by atoms with Crippen LogP contribution in [0.2, 0.25) is 0 Å². The van der Waals surface area contributed by atoms with Gasteiger partial charge in [0.2, 0.25) is 5.91 Å². The molecule has 0 N–H and O–H groups in total. The molecule has 3 aliphatic carbocycles. The number of benzene rings is 1. The number of fused-ring (bicyclic) bond motifs is 3. The number of halogens is 1. The van der Waals surface area contributed by atoms with Crippen molar-refractivity contribution in [1.29, 1.82) is 0 Å². The summed E-state index contributed by atoms with van der Waals surface area (Å²) in [5, 5.41) is 0. The van der Waals surface area contributed by atoms with Crippen LogP contribution < -0.4 is 4.74 Å². The Balaban J connectivity index is 1.67. The Bertz CT molecular complexity index is 653. The van der Waals surface area contributed by atoms with Crippen molar-refractivity contribution in [1.82, 2.24) is 4.90 Å². The lowest BCUT2D eigenvalue weighted by atomic mass is 9.51. The van der Waals surface area contributed by atoms with Crippen LogP contribution in [0.3, 0.4) is 0 Å². The zero-order valence-electron chi connectivity index (χ0n) is 16.2. The van der Waals surface area contributed by atoms with Crippen LogP contribution in [0.4, 0.5) is 4.39 Å². The van der Waals surface area contributed by atoms with Crippen LogP contribution in [0.25, 0.3) is 0 Å². The summed E-state index contributed by atoms with van der Waals surface area (Å²) in [6.45, 7) is 2.22. The summed E-state index contributed by atoms with van der Waals surface area (Å²) in [6, 6.07) is 8.31. The minimum Gasteiger partial charge on any atom is -0.489 e. The highest BCUT2D eigenvalue weighted by atomic mass is 19.1. The fraction of sp³-hybridized carbons (Fsp3) is 0.591.